The molecule has 0 spiro atoms. The van der Waals surface area contributed by atoms with Crippen molar-refractivity contribution in [3.05, 3.63) is 35.9 Å². The molecule has 0 amide bonds. The molecule has 1 aromatic carbocycles. The fourth-order valence-electron chi connectivity index (χ4n) is 0.701. The van der Waals surface area contributed by atoms with E-state index in [0.29, 0.717) is 0 Å². The third kappa shape index (κ3) is 2.72. The average molecular weight is 209 g/mol. The van der Waals surface area contributed by atoms with Crippen LogP contribution in [-0.4, -0.2) is 5.71 Å². The van der Waals surface area contributed by atoms with Crippen molar-refractivity contribution in [2.24, 2.45) is 0 Å². The minimum atomic E-state index is 0. The molecule has 0 fully saturated rings. The standard InChI is InChI=1S/C8H9N.Y/c1-7(9)8-5-3-2-4-6-8;/h2-6,9H,1H3;/p+1. The Morgan fingerprint density at radius 2 is 1.70 bits per heavy atom. The van der Waals surface area contributed by atoms with Gasteiger partial charge in [0.05, 0.1) is 0 Å². The summed E-state index contributed by atoms with van der Waals surface area (Å²) >= 11 is 0. The summed E-state index contributed by atoms with van der Waals surface area (Å²) in [5.41, 5.74) is 1.98. The van der Waals surface area contributed by atoms with Crippen molar-refractivity contribution in [3.63, 3.8) is 0 Å². The van der Waals surface area contributed by atoms with Crippen LogP contribution in [-0.2, 0) is 32.7 Å². The maximum Gasteiger partial charge on any atom is 0.176 e. The van der Waals surface area contributed by atoms with Gasteiger partial charge in [0.1, 0.15) is 0 Å². The van der Waals surface area contributed by atoms with E-state index in [1.54, 1.807) is 0 Å². The topological polar surface area (TPSA) is 25.6 Å². The Morgan fingerprint density at radius 3 is 2.00 bits per heavy atom. The van der Waals surface area contributed by atoms with Gasteiger partial charge in [0.25, 0.3) is 0 Å². The summed E-state index contributed by atoms with van der Waals surface area (Å²) in [4.78, 5) is 0. The first-order valence-electron chi connectivity index (χ1n) is 2.95. The van der Waals surface area contributed by atoms with E-state index >= 15 is 0 Å². The molecule has 0 saturated carbocycles. The number of benzene rings is 1. The van der Waals surface area contributed by atoms with Gasteiger partial charge in [-0.2, -0.15) is 0 Å². The van der Waals surface area contributed by atoms with E-state index in [2.05, 4.69) is 0 Å². The van der Waals surface area contributed by atoms with Gasteiger partial charge < -0.3 is 0 Å². The van der Waals surface area contributed by atoms with Gasteiger partial charge in [0, 0.05) is 45.2 Å². The molecule has 0 heterocycles. The molecule has 1 radical (unpaired) electrons. The molecule has 0 aliphatic rings. The minimum Gasteiger partial charge on any atom is -0.258 e. The first-order chi connectivity index (χ1) is 4.30. The molecule has 0 unspecified atom stereocenters. The Kier molecular flexibility index (Phi) is 4.75. The predicted octanol–water partition coefficient (Wildman–Crippen LogP) is 0.252. The average Bonchev–Trinajstić information content (AvgIpc) is 1.90. The third-order valence-corrected chi connectivity index (χ3v) is 1.23. The zero-order chi connectivity index (χ0) is 6.69. The van der Waals surface area contributed by atoms with Crippen molar-refractivity contribution in [1.82, 2.24) is 0 Å². The van der Waals surface area contributed by atoms with Gasteiger partial charge in [-0.05, 0) is 12.1 Å². The molecule has 1 aromatic rings. The van der Waals surface area contributed by atoms with Gasteiger partial charge >= 0.3 is 0 Å². The molecule has 10 heavy (non-hydrogen) atoms. The molecule has 0 atom stereocenters. The third-order valence-electron chi connectivity index (χ3n) is 1.23. The van der Waals surface area contributed by atoms with Gasteiger partial charge in [-0.15, -0.1) is 0 Å². The molecule has 1 rings (SSSR count). The van der Waals surface area contributed by atoms with E-state index in [4.69, 9.17) is 5.41 Å². The molecule has 49 valence electrons. The van der Waals surface area contributed by atoms with Crippen molar-refractivity contribution in [3.8, 4) is 0 Å². The fourth-order valence-corrected chi connectivity index (χ4v) is 0.701. The molecule has 0 aromatic heterocycles. The van der Waals surface area contributed by atoms with Gasteiger partial charge in [0.2, 0.25) is 0 Å². The monoisotopic (exact) mass is 209 g/mol. The van der Waals surface area contributed by atoms with Crippen molar-refractivity contribution in [1.29, 1.82) is 0 Å². The zero-order valence-corrected chi connectivity index (χ0v) is 8.88. The summed E-state index contributed by atoms with van der Waals surface area (Å²) in [6.45, 7) is 1.90. The quantitative estimate of drug-likeness (QED) is 0.641. The van der Waals surface area contributed by atoms with Crippen LogP contribution in [0.3, 0.4) is 0 Å². The van der Waals surface area contributed by atoms with Crippen molar-refractivity contribution < 1.29 is 38.1 Å². The molecule has 2 N–H and O–H groups in total. The fraction of sp³-hybridized carbons (Fsp3) is 0.125. The molecule has 2 heteroatoms. The Labute approximate surface area is 86.2 Å². The van der Waals surface area contributed by atoms with Crippen LogP contribution in [0.2, 0.25) is 0 Å². The maximum atomic E-state index is 5.53. The van der Waals surface area contributed by atoms with E-state index in [1.807, 2.05) is 37.3 Å². The number of hydrogen-bond donors (Lipinski definition) is 1. The summed E-state index contributed by atoms with van der Waals surface area (Å²) in [6, 6.07) is 9.93. The Morgan fingerprint density at radius 1 is 1.20 bits per heavy atom. The number of rotatable bonds is 1. The molecule has 0 saturated heterocycles. The molecule has 0 aliphatic heterocycles. The summed E-state index contributed by atoms with van der Waals surface area (Å²) in [5, 5.41) is 5.53. The van der Waals surface area contributed by atoms with Crippen LogP contribution in [0.25, 0.3) is 0 Å². The molecular weight excluding hydrogens is 199 g/mol. The van der Waals surface area contributed by atoms with Gasteiger partial charge in [-0.1, -0.05) is 18.2 Å². The van der Waals surface area contributed by atoms with Crippen molar-refractivity contribution in [2.45, 2.75) is 6.92 Å². The van der Waals surface area contributed by atoms with Crippen LogP contribution in [0.5, 0.6) is 0 Å². The van der Waals surface area contributed by atoms with Gasteiger partial charge in [-0.3, -0.25) is 5.41 Å². The Hall–Kier alpha value is -0.00610. The summed E-state index contributed by atoms with van der Waals surface area (Å²) in [7, 11) is 0. The van der Waals surface area contributed by atoms with Crippen LogP contribution in [0.1, 0.15) is 12.5 Å². The van der Waals surface area contributed by atoms with Crippen LogP contribution in [0.4, 0.5) is 0 Å². The largest absolute Gasteiger partial charge is 0.258 e. The van der Waals surface area contributed by atoms with E-state index in [0.717, 1.165) is 11.3 Å². The Balaban J connectivity index is 0.000000810. The van der Waals surface area contributed by atoms with Crippen molar-refractivity contribution >= 4 is 5.71 Å². The van der Waals surface area contributed by atoms with Crippen LogP contribution in [0, 0.1) is 0 Å². The van der Waals surface area contributed by atoms with E-state index in [1.165, 1.54) is 0 Å². The first-order valence-corrected chi connectivity index (χ1v) is 2.95. The number of hydrogen-bond acceptors (Lipinski definition) is 0. The van der Waals surface area contributed by atoms with Crippen LogP contribution >= 0.6 is 0 Å². The molecule has 1 nitrogen and oxygen atoms in total. The minimum absolute atomic E-state index is 0. The first kappa shape index (κ1) is 9.99. The van der Waals surface area contributed by atoms with Crippen molar-refractivity contribution in [2.75, 3.05) is 0 Å². The van der Waals surface area contributed by atoms with Gasteiger partial charge in [0.15, 0.2) is 5.71 Å². The Bertz CT molecular complexity index is 206. The summed E-state index contributed by atoms with van der Waals surface area (Å²) in [6.07, 6.45) is 0. The van der Waals surface area contributed by atoms with E-state index in [-0.39, 0.29) is 32.7 Å². The maximum absolute atomic E-state index is 5.53. The van der Waals surface area contributed by atoms with E-state index < -0.39 is 0 Å². The second-order valence-corrected chi connectivity index (χ2v) is 2.05. The van der Waals surface area contributed by atoms with Crippen LogP contribution < -0.4 is 5.41 Å². The normalized spacial score (nSPS) is 8.10. The summed E-state index contributed by atoms with van der Waals surface area (Å²) in [5.74, 6) is 0. The second-order valence-electron chi connectivity index (χ2n) is 2.05. The molecule has 0 aliphatic carbocycles. The SMILES string of the molecule is CC(=[NH2+])c1ccccc1.[Y]. The molecular formula is C8H10NY+. The second kappa shape index (κ2) is 4.76. The molecule has 0 bridgehead atoms. The smallest absolute Gasteiger partial charge is 0.176 e. The van der Waals surface area contributed by atoms with E-state index in [9.17, 15) is 0 Å². The predicted molar refractivity (Wildman–Crippen MR) is 38.2 cm³/mol. The van der Waals surface area contributed by atoms with Gasteiger partial charge in [-0.25, -0.2) is 0 Å². The number of nitrogens with two attached hydrogens (primary N) is 1. The zero-order valence-electron chi connectivity index (χ0n) is 6.04. The summed E-state index contributed by atoms with van der Waals surface area (Å²) < 4.78 is 0. The van der Waals surface area contributed by atoms with Crippen LogP contribution in [0.15, 0.2) is 30.3 Å².